The quantitative estimate of drug-likeness (QED) is 0.497. The van der Waals surface area contributed by atoms with Crippen LogP contribution in [0, 0.1) is 11.3 Å². The summed E-state index contributed by atoms with van der Waals surface area (Å²) in [5, 5.41) is 8.38. The van der Waals surface area contributed by atoms with E-state index in [9.17, 15) is 0 Å². The highest BCUT2D eigenvalue weighted by atomic mass is 15.1. The third kappa shape index (κ3) is 1.16. The molecule has 10 heavy (non-hydrogen) atoms. The van der Waals surface area contributed by atoms with Crippen molar-refractivity contribution in [1.82, 2.24) is 4.57 Å². The van der Waals surface area contributed by atoms with Crippen LogP contribution in [0.2, 0.25) is 0 Å². The molecule has 52 valence electrons. The summed E-state index contributed by atoms with van der Waals surface area (Å²) in [6.07, 6.45) is 4.37. The molecule has 0 N–H and O–H groups in total. The SMILES string of the molecule is Cn1c[n+](C)cc1CC#N. The van der Waals surface area contributed by atoms with Gasteiger partial charge in [-0.2, -0.15) is 5.26 Å². The lowest BCUT2D eigenvalue weighted by Crippen LogP contribution is -2.23. The minimum Gasteiger partial charge on any atom is -0.239 e. The van der Waals surface area contributed by atoms with Crippen molar-refractivity contribution < 1.29 is 4.57 Å². The zero-order valence-corrected chi connectivity index (χ0v) is 6.20. The normalized spacial score (nSPS) is 9.30. The molecular formula is C7H10N3+. The van der Waals surface area contributed by atoms with Crippen LogP contribution < -0.4 is 4.57 Å². The smallest absolute Gasteiger partial charge is 0.239 e. The predicted molar refractivity (Wildman–Crippen MR) is 35.9 cm³/mol. The molecule has 1 aromatic heterocycles. The molecule has 1 heterocycles. The van der Waals surface area contributed by atoms with Crippen LogP contribution in [0.3, 0.4) is 0 Å². The van der Waals surface area contributed by atoms with Crippen LogP contribution in [0.25, 0.3) is 0 Å². The average Bonchev–Trinajstić information content (AvgIpc) is 2.13. The molecule has 0 saturated heterocycles. The van der Waals surface area contributed by atoms with Crippen LogP contribution >= 0.6 is 0 Å². The zero-order chi connectivity index (χ0) is 7.56. The summed E-state index contributed by atoms with van der Waals surface area (Å²) in [6, 6.07) is 2.10. The van der Waals surface area contributed by atoms with Gasteiger partial charge in [0.05, 0.1) is 20.2 Å². The molecule has 1 rings (SSSR count). The largest absolute Gasteiger partial charge is 0.243 e. The lowest BCUT2D eigenvalue weighted by Gasteiger charge is -1.83. The number of nitriles is 1. The van der Waals surface area contributed by atoms with Crippen molar-refractivity contribution in [2.45, 2.75) is 6.42 Å². The fourth-order valence-corrected chi connectivity index (χ4v) is 0.958. The van der Waals surface area contributed by atoms with E-state index in [2.05, 4.69) is 6.07 Å². The van der Waals surface area contributed by atoms with E-state index in [1.165, 1.54) is 0 Å². The van der Waals surface area contributed by atoms with E-state index < -0.39 is 0 Å². The van der Waals surface area contributed by atoms with Gasteiger partial charge < -0.3 is 0 Å². The lowest BCUT2D eigenvalue weighted by atomic mass is 10.3. The Bertz CT molecular complexity index is 267. The van der Waals surface area contributed by atoms with E-state index in [4.69, 9.17) is 5.26 Å². The Balaban J connectivity index is 2.94. The minimum atomic E-state index is 0.483. The molecule has 0 aliphatic heterocycles. The summed E-state index contributed by atoms with van der Waals surface area (Å²) < 4.78 is 3.88. The Hall–Kier alpha value is -1.30. The van der Waals surface area contributed by atoms with Gasteiger partial charge in [0.25, 0.3) is 0 Å². The summed E-state index contributed by atoms with van der Waals surface area (Å²) >= 11 is 0. The third-order valence-electron chi connectivity index (χ3n) is 1.42. The molecule has 0 aliphatic carbocycles. The second kappa shape index (κ2) is 2.53. The fourth-order valence-electron chi connectivity index (χ4n) is 0.958. The molecule has 3 nitrogen and oxygen atoms in total. The monoisotopic (exact) mass is 136 g/mol. The van der Waals surface area contributed by atoms with Crippen molar-refractivity contribution in [3.05, 3.63) is 18.2 Å². The first-order valence-corrected chi connectivity index (χ1v) is 3.11. The van der Waals surface area contributed by atoms with Gasteiger partial charge in [-0.15, -0.1) is 0 Å². The van der Waals surface area contributed by atoms with Gasteiger partial charge in [-0.1, -0.05) is 0 Å². The summed E-state index contributed by atoms with van der Waals surface area (Å²) in [6.45, 7) is 0. The van der Waals surface area contributed by atoms with Gasteiger partial charge in [0.15, 0.2) is 5.69 Å². The van der Waals surface area contributed by atoms with Crippen LogP contribution in [0.4, 0.5) is 0 Å². The maximum Gasteiger partial charge on any atom is 0.243 e. The average molecular weight is 136 g/mol. The number of aromatic nitrogens is 2. The van der Waals surface area contributed by atoms with Gasteiger partial charge in [-0.05, 0) is 0 Å². The highest BCUT2D eigenvalue weighted by Crippen LogP contribution is 1.93. The summed E-state index contributed by atoms with van der Waals surface area (Å²) in [7, 11) is 3.88. The number of rotatable bonds is 1. The molecule has 0 amide bonds. The van der Waals surface area contributed by atoms with Crippen LogP contribution in [0.1, 0.15) is 5.69 Å². The number of hydrogen-bond donors (Lipinski definition) is 0. The fraction of sp³-hybridized carbons (Fsp3) is 0.429. The molecule has 0 fully saturated rings. The molecule has 0 bridgehead atoms. The number of aryl methyl sites for hydroxylation is 2. The standard InChI is InChI=1S/C7H10N3/c1-9-5-7(3-4-8)10(2)6-9/h5-6H,3H2,1-2H3/q+1. The molecule has 3 heteroatoms. The molecule has 0 atom stereocenters. The van der Waals surface area contributed by atoms with Gasteiger partial charge in [-0.3, -0.25) is 0 Å². The van der Waals surface area contributed by atoms with E-state index in [0.717, 1.165) is 5.69 Å². The zero-order valence-electron chi connectivity index (χ0n) is 6.20. The first-order chi connectivity index (χ1) is 4.74. The van der Waals surface area contributed by atoms with Gasteiger partial charge in [-0.25, -0.2) is 9.13 Å². The third-order valence-corrected chi connectivity index (χ3v) is 1.42. The van der Waals surface area contributed by atoms with E-state index in [-0.39, 0.29) is 0 Å². The Morgan fingerprint density at radius 3 is 2.90 bits per heavy atom. The Morgan fingerprint density at radius 1 is 1.80 bits per heavy atom. The van der Waals surface area contributed by atoms with Crippen LogP contribution in [-0.4, -0.2) is 4.57 Å². The minimum absolute atomic E-state index is 0.483. The van der Waals surface area contributed by atoms with E-state index in [1.54, 1.807) is 0 Å². The number of hydrogen-bond acceptors (Lipinski definition) is 1. The van der Waals surface area contributed by atoms with Gasteiger partial charge in [0.1, 0.15) is 12.6 Å². The van der Waals surface area contributed by atoms with E-state index in [1.807, 2.05) is 35.8 Å². The molecule has 0 aliphatic rings. The van der Waals surface area contributed by atoms with Crippen molar-refractivity contribution in [2.24, 2.45) is 14.1 Å². The second-order valence-corrected chi connectivity index (χ2v) is 2.35. The van der Waals surface area contributed by atoms with Gasteiger partial charge in [0, 0.05) is 0 Å². The lowest BCUT2D eigenvalue weighted by molar-refractivity contribution is -0.671. The summed E-state index contributed by atoms with van der Waals surface area (Å²) in [5.41, 5.74) is 1.05. The molecule has 0 unspecified atom stereocenters. The van der Waals surface area contributed by atoms with Gasteiger partial charge in [0.2, 0.25) is 6.33 Å². The Kier molecular flexibility index (Phi) is 1.72. The summed E-state index contributed by atoms with van der Waals surface area (Å²) in [5.74, 6) is 0. The van der Waals surface area contributed by atoms with Crippen molar-refractivity contribution in [2.75, 3.05) is 0 Å². The highest BCUT2D eigenvalue weighted by Gasteiger charge is 2.05. The Labute approximate surface area is 60.1 Å². The molecule has 1 aromatic rings. The first-order valence-electron chi connectivity index (χ1n) is 3.11. The number of nitrogens with zero attached hydrogens (tertiary/aromatic N) is 3. The van der Waals surface area contributed by atoms with E-state index in [0.29, 0.717) is 6.42 Å². The van der Waals surface area contributed by atoms with E-state index >= 15 is 0 Å². The summed E-state index contributed by atoms with van der Waals surface area (Å²) in [4.78, 5) is 0. The molecule has 0 radical (unpaired) electrons. The van der Waals surface area contributed by atoms with Gasteiger partial charge >= 0.3 is 0 Å². The van der Waals surface area contributed by atoms with Crippen LogP contribution in [0.15, 0.2) is 12.5 Å². The van der Waals surface area contributed by atoms with Crippen LogP contribution in [-0.2, 0) is 20.5 Å². The van der Waals surface area contributed by atoms with Crippen molar-refractivity contribution >= 4 is 0 Å². The second-order valence-electron chi connectivity index (χ2n) is 2.35. The first kappa shape index (κ1) is 6.81. The highest BCUT2D eigenvalue weighted by molar-refractivity contribution is 5.00. The maximum atomic E-state index is 8.38. The van der Waals surface area contributed by atoms with Crippen molar-refractivity contribution in [1.29, 1.82) is 5.26 Å². The molecular weight excluding hydrogens is 126 g/mol. The van der Waals surface area contributed by atoms with Crippen molar-refractivity contribution in [3.8, 4) is 6.07 Å². The molecule has 0 aromatic carbocycles. The Morgan fingerprint density at radius 2 is 2.50 bits per heavy atom. The number of imidazole rings is 1. The molecule has 0 saturated carbocycles. The van der Waals surface area contributed by atoms with Crippen molar-refractivity contribution in [3.63, 3.8) is 0 Å². The molecule has 0 spiro atoms. The maximum absolute atomic E-state index is 8.38. The predicted octanol–water partition coefficient (Wildman–Crippen LogP) is -0.0843. The topological polar surface area (TPSA) is 32.6 Å². The van der Waals surface area contributed by atoms with Crippen LogP contribution in [0.5, 0.6) is 0 Å².